The van der Waals surface area contributed by atoms with E-state index in [9.17, 15) is 4.79 Å². The molecule has 4 rings (SSSR count). The number of hydrogen-bond donors (Lipinski definition) is 0. The van der Waals surface area contributed by atoms with E-state index < -0.39 is 0 Å². The molecule has 1 fully saturated rings. The summed E-state index contributed by atoms with van der Waals surface area (Å²) in [5.74, 6) is 0.608. The zero-order chi connectivity index (χ0) is 20.5. The molecule has 0 aliphatic carbocycles. The maximum atomic E-state index is 13.2. The van der Waals surface area contributed by atoms with E-state index in [4.69, 9.17) is 17.0 Å². The van der Waals surface area contributed by atoms with E-state index in [-0.39, 0.29) is 5.91 Å². The number of nitrogens with zero attached hydrogens (tertiary/aromatic N) is 2. The van der Waals surface area contributed by atoms with Gasteiger partial charge in [-0.15, -0.1) is 0 Å². The van der Waals surface area contributed by atoms with E-state index in [1.807, 2.05) is 85.7 Å². The smallest absolute Gasteiger partial charge is 0.270 e. The Morgan fingerprint density at radius 3 is 2.45 bits per heavy atom. The van der Waals surface area contributed by atoms with Crippen molar-refractivity contribution in [3.05, 3.63) is 71.1 Å². The minimum Gasteiger partial charge on any atom is -0.496 e. The van der Waals surface area contributed by atoms with E-state index >= 15 is 0 Å². The predicted molar refractivity (Wildman–Crippen MR) is 127 cm³/mol. The van der Waals surface area contributed by atoms with Gasteiger partial charge in [0, 0.05) is 25.3 Å². The molecule has 146 valence electrons. The number of thiocarbonyl (C=S) groups is 1. The Balaban J connectivity index is 1.74. The summed E-state index contributed by atoms with van der Waals surface area (Å²) in [7, 11) is 5.60. The van der Waals surface area contributed by atoms with E-state index in [2.05, 4.69) is 0 Å². The number of thioether (sulfide) groups is 1. The summed E-state index contributed by atoms with van der Waals surface area (Å²) in [5, 5.41) is 2.13. The second-order valence-electron chi connectivity index (χ2n) is 6.83. The molecular weight excluding hydrogens is 400 g/mol. The summed E-state index contributed by atoms with van der Waals surface area (Å²) in [6.07, 6.45) is 1.88. The van der Waals surface area contributed by atoms with Gasteiger partial charge in [-0.1, -0.05) is 54.3 Å². The molecule has 0 spiro atoms. The fourth-order valence-corrected chi connectivity index (χ4v) is 4.60. The molecule has 0 atom stereocenters. The molecular formula is C23H20N2O2S2. The fourth-order valence-electron chi connectivity index (χ4n) is 3.32. The summed E-state index contributed by atoms with van der Waals surface area (Å²) >= 11 is 6.83. The van der Waals surface area contributed by atoms with Gasteiger partial charge in [-0.3, -0.25) is 9.69 Å². The first-order valence-corrected chi connectivity index (χ1v) is 10.3. The van der Waals surface area contributed by atoms with E-state index in [0.29, 0.717) is 9.23 Å². The highest BCUT2D eigenvalue weighted by atomic mass is 32.2. The van der Waals surface area contributed by atoms with Crippen LogP contribution in [0.1, 0.15) is 5.56 Å². The van der Waals surface area contributed by atoms with Crippen molar-refractivity contribution in [3.8, 4) is 5.75 Å². The van der Waals surface area contributed by atoms with Gasteiger partial charge < -0.3 is 9.64 Å². The lowest BCUT2D eigenvalue weighted by Gasteiger charge is -2.17. The summed E-state index contributed by atoms with van der Waals surface area (Å²) in [6, 6.07) is 19.8. The molecule has 3 aromatic rings. The first kappa shape index (κ1) is 19.5. The van der Waals surface area contributed by atoms with Gasteiger partial charge >= 0.3 is 0 Å². The van der Waals surface area contributed by atoms with Gasteiger partial charge in [-0.25, -0.2) is 0 Å². The Hall–Kier alpha value is -2.83. The van der Waals surface area contributed by atoms with Crippen molar-refractivity contribution in [2.75, 3.05) is 31.0 Å². The van der Waals surface area contributed by atoms with Crippen LogP contribution in [-0.4, -0.2) is 31.4 Å². The third-order valence-corrected chi connectivity index (χ3v) is 6.15. The molecule has 1 heterocycles. The number of hydrogen-bond acceptors (Lipinski definition) is 5. The van der Waals surface area contributed by atoms with Crippen LogP contribution in [0.2, 0.25) is 0 Å². The zero-order valence-corrected chi connectivity index (χ0v) is 18.0. The predicted octanol–water partition coefficient (Wildman–Crippen LogP) is 5.32. The second kappa shape index (κ2) is 7.89. The van der Waals surface area contributed by atoms with Crippen LogP contribution in [0.5, 0.6) is 5.75 Å². The number of benzene rings is 3. The van der Waals surface area contributed by atoms with Crippen molar-refractivity contribution in [1.82, 2.24) is 0 Å². The van der Waals surface area contributed by atoms with Gasteiger partial charge in [0.25, 0.3) is 5.91 Å². The maximum Gasteiger partial charge on any atom is 0.270 e. The Morgan fingerprint density at radius 2 is 1.76 bits per heavy atom. The normalized spacial score (nSPS) is 15.4. The molecule has 0 radical (unpaired) electrons. The molecule has 0 bridgehead atoms. The number of carbonyl (C=O) groups is 1. The Morgan fingerprint density at radius 1 is 1.03 bits per heavy atom. The van der Waals surface area contributed by atoms with Crippen LogP contribution >= 0.6 is 24.0 Å². The van der Waals surface area contributed by atoms with Crippen LogP contribution < -0.4 is 14.5 Å². The number of carbonyl (C=O) groups excluding carboxylic acids is 1. The molecule has 0 unspecified atom stereocenters. The van der Waals surface area contributed by atoms with Crippen LogP contribution in [0, 0.1) is 0 Å². The van der Waals surface area contributed by atoms with Crippen molar-refractivity contribution in [2.24, 2.45) is 0 Å². The molecule has 29 heavy (non-hydrogen) atoms. The summed E-state index contributed by atoms with van der Waals surface area (Å²) < 4.78 is 6.08. The molecule has 0 saturated carbocycles. The molecule has 1 aliphatic rings. The number of anilines is 2. The number of amides is 1. The third kappa shape index (κ3) is 3.61. The van der Waals surface area contributed by atoms with Gasteiger partial charge in [0.05, 0.1) is 17.7 Å². The number of methoxy groups -OCH3 is 1. The van der Waals surface area contributed by atoms with Gasteiger partial charge in [0.2, 0.25) is 0 Å². The van der Waals surface area contributed by atoms with E-state index in [0.717, 1.165) is 33.5 Å². The number of rotatable bonds is 4. The largest absolute Gasteiger partial charge is 0.496 e. The van der Waals surface area contributed by atoms with Crippen molar-refractivity contribution in [2.45, 2.75) is 0 Å². The highest BCUT2D eigenvalue weighted by Crippen LogP contribution is 2.39. The van der Waals surface area contributed by atoms with Crippen molar-refractivity contribution in [1.29, 1.82) is 0 Å². The molecule has 0 N–H and O–H groups in total. The molecule has 3 aromatic carbocycles. The molecule has 6 heteroatoms. The van der Waals surface area contributed by atoms with Gasteiger partial charge in [0.15, 0.2) is 4.32 Å². The topological polar surface area (TPSA) is 32.8 Å². The van der Waals surface area contributed by atoms with Crippen molar-refractivity contribution in [3.63, 3.8) is 0 Å². The third-order valence-electron chi connectivity index (χ3n) is 4.84. The number of fused-ring (bicyclic) bond motifs is 1. The Labute approximate surface area is 179 Å². The lowest BCUT2D eigenvalue weighted by atomic mass is 10.0. The van der Waals surface area contributed by atoms with E-state index in [1.165, 1.54) is 11.8 Å². The van der Waals surface area contributed by atoms with Gasteiger partial charge in [0.1, 0.15) is 5.75 Å². The van der Waals surface area contributed by atoms with Crippen LogP contribution in [-0.2, 0) is 4.79 Å². The minimum atomic E-state index is -0.118. The monoisotopic (exact) mass is 420 g/mol. The number of ether oxygens (including phenoxy) is 1. The summed E-state index contributed by atoms with van der Waals surface area (Å²) in [4.78, 5) is 17.4. The van der Waals surface area contributed by atoms with Crippen LogP contribution in [0.15, 0.2) is 65.6 Å². The van der Waals surface area contributed by atoms with Gasteiger partial charge in [-0.05, 0) is 47.2 Å². The first-order chi connectivity index (χ1) is 14.0. The second-order valence-corrected chi connectivity index (χ2v) is 8.51. The Kier molecular flexibility index (Phi) is 5.30. The molecule has 1 saturated heterocycles. The van der Waals surface area contributed by atoms with Crippen LogP contribution in [0.3, 0.4) is 0 Å². The van der Waals surface area contributed by atoms with Crippen LogP contribution in [0.4, 0.5) is 11.4 Å². The molecule has 4 nitrogen and oxygen atoms in total. The Bertz CT molecular complexity index is 1140. The van der Waals surface area contributed by atoms with Gasteiger partial charge in [-0.2, -0.15) is 0 Å². The minimum absolute atomic E-state index is 0.118. The summed E-state index contributed by atoms with van der Waals surface area (Å²) in [5.41, 5.74) is 2.72. The summed E-state index contributed by atoms with van der Waals surface area (Å²) in [6.45, 7) is 0. The average molecular weight is 421 g/mol. The molecule has 1 amide bonds. The average Bonchev–Trinajstić information content (AvgIpc) is 3.01. The first-order valence-electron chi connectivity index (χ1n) is 9.10. The maximum absolute atomic E-state index is 13.2. The molecule has 1 aliphatic heterocycles. The lowest BCUT2D eigenvalue weighted by Crippen LogP contribution is -2.27. The SMILES string of the molecule is COc1ccc2ccccc2c1/C=C1\SC(=S)N(c2ccc(N(C)C)cc2)C1=O. The highest BCUT2D eigenvalue weighted by molar-refractivity contribution is 8.27. The van der Waals surface area contributed by atoms with Crippen molar-refractivity contribution >= 4 is 62.4 Å². The standard InChI is InChI=1S/C23H20N2O2S2/c1-24(2)16-9-11-17(12-10-16)25-22(26)21(29-23(25)28)14-19-18-7-5-4-6-15(18)8-13-20(19)27-3/h4-14H,1-3H3/b21-14-. The van der Waals surface area contributed by atoms with Crippen molar-refractivity contribution < 1.29 is 9.53 Å². The zero-order valence-electron chi connectivity index (χ0n) is 16.4. The fraction of sp³-hybridized carbons (Fsp3) is 0.130. The molecule has 0 aromatic heterocycles. The quantitative estimate of drug-likeness (QED) is 0.421. The van der Waals surface area contributed by atoms with Crippen LogP contribution in [0.25, 0.3) is 16.8 Å². The highest BCUT2D eigenvalue weighted by Gasteiger charge is 2.33. The lowest BCUT2D eigenvalue weighted by molar-refractivity contribution is -0.113. The van der Waals surface area contributed by atoms with E-state index in [1.54, 1.807) is 12.0 Å².